The van der Waals surface area contributed by atoms with Gasteiger partial charge in [0.05, 0.1) is 17.8 Å². The molecule has 0 aliphatic carbocycles. The lowest BCUT2D eigenvalue weighted by molar-refractivity contribution is -0.122. The fourth-order valence-corrected chi connectivity index (χ4v) is 4.12. The third-order valence-electron chi connectivity index (χ3n) is 5.83. The zero-order chi connectivity index (χ0) is 27.4. The van der Waals surface area contributed by atoms with Crippen LogP contribution in [0.1, 0.15) is 16.7 Å². The Balaban J connectivity index is 1.51. The molecule has 4 amide bonds. The average Bonchev–Trinajstić information content (AvgIpc) is 2.88. The molecule has 38 heavy (non-hydrogen) atoms. The monoisotopic (exact) mass is 554 g/mol. The highest BCUT2D eigenvalue weighted by molar-refractivity contribution is 6.39. The van der Waals surface area contributed by atoms with Crippen molar-refractivity contribution in [3.63, 3.8) is 0 Å². The summed E-state index contributed by atoms with van der Waals surface area (Å²) in [4.78, 5) is 38.9. The minimum Gasteiger partial charge on any atom is -0.493 e. The number of nitrogens with one attached hydrogen (secondary N) is 1. The van der Waals surface area contributed by atoms with Crippen LogP contribution in [0.5, 0.6) is 17.2 Å². The van der Waals surface area contributed by atoms with Gasteiger partial charge >= 0.3 is 6.03 Å². The molecule has 8 nitrogen and oxygen atoms in total. The molecule has 196 valence electrons. The number of methoxy groups -OCH3 is 1. The lowest BCUT2D eigenvalue weighted by atomic mass is 10.1. The summed E-state index contributed by atoms with van der Waals surface area (Å²) in [6.45, 7) is 4.51. The molecular formula is C28H24Cl2N2O6. The first-order valence-electron chi connectivity index (χ1n) is 11.6. The Morgan fingerprint density at radius 1 is 0.895 bits per heavy atom. The number of imide groups is 2. The smallest absolute Gasteiger partial charge is 0.335 e. The Hall–Kier alpha value is -4.01. The molecule has 4 rings (SSSR count). The quantitative estimate of drug-likeness (QED) is 0.216. The summed E-state index contributed by atoms with van der Waals surface area (Å²) < 4.78 is 17.0. The van der Waals surface area contributed by atoms with Crippen molar-refractivity contribution in [2.45, 2.75) is 13.8 Å². The number of nitrogens with zero attached hydrogens (tertiary/aromatic N) is 1. The van der Waals surface area contributed by atoms with Crippen LogP contribution in [-0.2, 0) is 9.59 Å². The van der Waals surface area contributed by atoms with Crippen molar-refractivity contribution in [1.29, 1.82) is 0 Å². The van der Waals surface area contributed by atoms with Crippen LogP contribution in [-0.4, -0.2) is 38.2 Å². The molecule has 0 atom stereocenters. The molecule has 1 N–H and O–H groups in total. The number of benzene rings is 3. The zero-order valence-corrected chi connectivity index (χ0v) is 22.4. The number of carbonyl (C=O) groups excluding carboxylic acids is 3. The summed E-state index contributed by atoms with van der Waals surface area (Å²) >= 11 is 12.4. The highest BCUT2D eigenvalue weighted by Crippen LogP contribution is 2.37. The number of ether oxygens (including phenoxy) is 3. The molecule has 0 bridgehead atoms. The number of urea groups is 1. The lowest BCUT2D eigenvalue weighted by Gasteiger charge is -2.26. The average molecular weight is 555 g/mol. The second-order valence-corrected chi connectivity index (χ2v) is 9.26. The van der Waals surface area contributed by atoms with Gasteiger partial charge in [0.15, 0.2) is 11.5 Å². The number of anilines is 1. The number of hydrogen-bond donors (Lipinski definition) is 1. The minimum atomic E-state index is -0.859. The summed E-state index contributed by atoms with van der Waals surface area (Å²) in [6.07, 6.45) is 1.33. The standard InChI is InChI=1S/C28H24Cl2N2O6/c1-16-4-9-21(12-17(16)2)37-10-11-38-25-23(30)14-18(15-24(25)36-3)13-22-26(33)31-28(35)32(27(22)34)20-7-5-19(29)6-8-20/h4-9,12-15H,10-11H2,1-3H3,(H,31,33,35). The second-order valence-electron chi connectivity index (χ2n) is 8.41. The maximum atomic E-state index is 13.1. The molecule has 0 saturated carbocycles. The van der Waals surface area contributed by atoms with E-state index in [1.807, 2.05) is 32.0 Å². The Labute approximate surface area is 229 Å². The Morgan fingerprint density at radius 2 is 1.61 bits per heavy atom. The number of aryl methyl sites for hydroxylation is 2. The SMILES string of the molecule is COc1cc(C=C2C(=O)NC(=O)N(c3ccc(Cl)cc3)C2=O)cc(Cl)c1OCCOc1ccc(C)c(C)c1. The number of halogens is 2. The first-order valence-corrected chi connectivity index (χ1v) is 12.3. The summed E-state index contributed by atoms with van der Waals surface area (Å²) in [6, 6.07) is 14.1. The van der Waals surface area contributed by atoms with E-state index in [4.69, 9.17) is 37.4 Å². The molecule has 0 radical (unpaired) electrons. The maximum Gasteiger partial charge on any atom is 0.335 e. The van der Waals surface area contributed by atoms with Gasteiger partial charge in [-0.3, -0.25) is 14.9 Å². The van der Waals surface area contributed by atoms with E-state index >= 15 is 0 Å². The van der Waals surface area contributed by atoms with Crippen LogP contribution < -0.4 is 24.4 Å². The fraction of sp³-hybridized carbons (Fsp3) is 0.179. The second kappa shape index (κ2) is 11.6. The fourth-order valence-electron chi connectivity index (χ4n) is 3.72. The van der Waals surface area contributed by atoms with Gasteiger partial charge in [-0.05, 0) is 85.1 Å². The van der Waals surface area contributed by atoms with Gasteiger partial charge in [-0.1, -0.05) is 29.3 Å². The van der Waals surface area contributed by atoms with E-state index in [0.29, 0.717) is 16.3 Å². The van der Waals surface area contributed by atoms with Crippen molar-refractivity contribution in [3.05, 3.63) is 86.9 Å². The largest absolute Gasteiger partial charge is 0.493 e. The van der Waals surface area contributed by atoms with E-state index in [2.05, 4.69) is 5.32 Å². The number of rotatable bonds is 8. The number of barbiturate groups is 1. The number of carbonyl (C=O) groups is 3. The summed E-state index contributed by atoms with van der Waals surface area (Å²) in [7, 11) is 1.44. The van der Waals surface area contributed by atoms with E-state index in [-0.39, 0.29) is 35.2 Å². The van der Waals surface area contributed by atoms with Crippen molar-refractivity contribution in [2.75, 3.05) is 25.2 Å². The third kappa shape index (κ3) is 5.93. The molecule has 3 aromatic carbocycles. The predicted octanol–water partition coefficient (Wildman–Crippen LogP) is 5.74. The van der Waals surface area contributed by atoms with Crippen LogP contribution in [0, 0.1) is 13.8 Å². The van der Waals surface area contributed by atoms with Crippen LogP contribution in [0.15, 0.2) is 60.2 Å². The van der Waals surface area contributed by atoms with Crippen molar-refractivity contribution in [3.8, 4) is 17.2 Å². The third-order valence-corrected chi connectivity index (χ3v) is 6.36. The highest BCUT2D eigenvalue weighted by Gasteiger charge is 2.36. The van der Waals surface area contributed by atoms with Gasteiger partial charge in [0.25, 0.3) is 11.8 Å². The Kier molecular flexibility index (Phi) is 8.24. The number of hydrogen-bond acceptors (Lipinski definition) is 6. The van der Waals surface area contributed by atoms with Gasteiger partial charge in [0.2, 0.25) is 0 Å². The molecular weight excluding hydrogens is 531 g/mol. The molecule has 1 saturated heterocycles. The normalized spacial score (nSPS) is 14.5. The van der Waals surface area contributed by atoms with Gasteiger partial charge in [-0.15, -0.1) is 0 Å². The molecule has 1 aliphatic rings. The topological polar surface area (TPSA) is 94.2 Å². The Bertz CT molecular complexity index is 1440. The van der Waals surface area contributed by atoms with Gasteiger partial charge in [-0.2, -0.15) is 0 Å². The van der Waals surface area contributed by atoms with Gasteiger partial charge in [-0.25, -0.2) is 9.69 Å². The Morgan fingerprint density at radius 3 is 2.29 bits per heavy atom. The van der Waals surface area contributed by atoms with E-state index in [1.54, 1.807) is 6.07 Å². The highest BCUT2D eigenvalue weighted by atomic mass is 35.5. The number of amides is 4. The van der Waals surface area contributed by atoms with Gasteiger partial charge < -0.3 is 14.2 Å². The van der Waals surface area contributed by atoms with Crippen LogP contribution >= 0.6 is 23.2 Å². The first-order chi connectivity index (χ1) is 18.2. The van der Waals surface area contributed by atoms with Gasteiger partial charge in [0, 0.05) is 5.02 Å². The van der Waals surface area contributed by atoms with Gasteiger partial charge in [0.1, 0.15) is 24.5 Å². The van der Waals surface area contributed by atoms with E-state index in [0.717, 1.165) is 16.2 Å². The summed E-state index contributed by atoms with van der Waals surface area (Å²) in [5.41, 5.74) is 2.71. The molecule has 1 heterocycles. The van der Waals surface area contributed by atoms with Crippen molar-refractivity contribution in [1.82, 2.24) is 5.32 Å². The zero-order valence-electron chi connectivity index (χ0n) is 20.8. The molecule has 0 unspecified atom stereocenters. The van der Waals surface area contributed by atoms with E-state index in [9.17, 15) is 14.4 Å². The van der Waals surface area contributed by atoms with Crippen molar-refractivity contribution in [2.24, 2.45) is 0 Å². The van der Waals surface area contributed by atoms with E-state index in [1.165, 1.54) is 49.1 Å². The van der Waals surface area contributed by atoms with Crippen LogP contribution in [0.2, 0.25) is 10.0 Å². The van der Waals surface area contributed by atoms with Crippen LogP contribution in [0.25, 0.3) is 6.08 Å². The van der Waals surface area contributed by atoms with Crippen LogP contribution in [0.3, 0.4) is 0 Å². The first kappa shape index (κ1) is 27.0. The minimum absolute atomic E-state index is 0.197. The van der Waals surface area contributed by atoms with Crippen molar-refractivity contribution >= 4 is 52.8 Å². The lowest BCUT2D eigenvalue weighted by Crippen LogP contribution is -2.54. The predicted molar refractivity (Wildman–Crippen MR) is 145 cm³/mol. The molecule has 3 aromatic rings. The molecule has 10 heteroatoms. The molecule has 0 aromatic heterocycles. The van der Waals surface area contributed by atoms with Crippen molar-refractivity contribution < 1.29 is 28.6 Å². The van der Waals surface area contributed by atoms with Crippen LogP contribution in [0.4, 0.5) is 10.5 Å². The summed E-state index contributed by atoms with van der Waals surface area (Å²) in [5, 5.41) is 2.82. The molecule has 1 fully saturated rings. The molecule has 1 aliphatic heterocycles. The maximum absolute atomic E-state index is 13.1. The molecule has 0 spiro atoms. The summed E-state index contributed by atoms with van der Waals surface area (Å²) in [5.74, 6) is -0.301. The van der Waals surface area contributed by atoms with E-state index < -0.39 is 17.8 Å².